The van der Waals surface area contributed by atoms with Crippen molar-refractivity contribution in [2.45, 2.75) is 36.0 Å². The van der Waals surface area contributed by atoms with E-state index in [2.05, 4.69) is 15.3 Å². The number of thiophene rings is 1. The summed E-state index contributed by atoms with van der Waals surface area (Å²) < 4.78 is 32.9. The Morgan fingerprint density at radius 3 is 2.61 bits per heavy atom. The highest BCUT2D eigenvalue weighted by Crippen LogP contribution is 2.28. The van der Waals surface area contributed by atoms with Crippen molar-refractivity contribution in [1.82, 2.24) is 14.3 Å². The van der Waals surface area contributed by atoms with Crippen LogP contribution >= 0.6 is 23.1 Å². The molecule has 1 saturated heterocycles. The van der Waals surface area contributed by atoms with Crippen molar-refractivity contribution in [3.8, 4) is 0 Å². The van der Waals surface area contributed by atoms with E-state index in [1.54, 1.807) is 12.1 Å². The Kier molecular flexibility index (Phi) is 6.58. The minimum absolute atomic E-state index is 0.153. The second-order valence-electron chi connectivity index (χ2n) is 7.26. The van der Waals surface area contributed by atoms with Crippen LogP contribution < -0.4 is 5.32 Å². The number of amides is 1. The number of nitrogens with one attached hydrogen (secondary N) is 1. The molecular weight excluding hydrogens is 456 g/mol. The molecular formula is C20H22N4O4S3. The average Bonchev–Trinajstić information content (AvgIpc) is 3.21. The molecule has 2 aromatic heterocycles. The summed E-state index contributed by atoms with van der Waals surface area (Å²) >= 11 is 2.87. The van der Waals surface area contributed by atoms with Gasteiger partial charge >= 0.3 is 0 Å². The molecule has 31 heavy (non-hydrogen) atoms. The zero-order valence-electron chi connectivity index (χ0n) is 17.0. The highest BCUT2D eigenvalue weighted by atomic mass is 32.2. The normalized spacial score (nSPS) is 20.1. The van der Waals surface area contributed by atoms with Crippen molar-refractivity contribution in [1.29, 1.82) is 0 Å². The number of carbonyl (C=O) groups is 1. The van der Waals surface area contributed by atoms with Crippen LogP contribution in [0.15, 0.2) is 52.0 Å². The summed E-state index contributed by atoms with van der Waals surface area (Å²) in [6.07, 6.45) is 1.19. The number of hydrogen-bond donors (Lipinski definition) is 1. The standard InChI is InChI=1S/C20H22N4O4S3/c1-13-9-24(10-14(2)28-13)31(26,27)16-5-3-15(4-6-16)23-18(25)11-30-20-17-7-8-29-19(17)21-12-22-20/h3-8,12-14H,9-11H2,1-2H3,(H,23,25)/t13-,14-/m1/s1. The van der Waals surface area contributed by atoms with Gasteiger partial charge in [-0.15, -0.1) is 11.3 Å². The van der Waals surface area contributed by atoms with E-state index in [1.807, 2.05) is 25.3 Å². The van der Waals surface area contributed by atoms with E-state index in [-0.39, 0.29) is 28.8 Å². The van der Waals surface area contributed by atoms with E-state index in [1.165, 1.54) is 45.9 Å². The molecule has 164 valence electrons. The molecule has 1 N–H and O–H groups in total. The number of nitrogens with zero attached hydrogens (tertiary/aromatic N) is 3. The zero-order chi connectivity index (χ0) is 22.0. The van der Waals surface area contributed by atoms with Gasteiger partial charge in [0.1, 0.15) is 16.2 Å². The smallest absolute Gasteiger partial charge is 0.243 e. The van der Waals surface area contributed by atoms with Crippen LogP contribution in [0.3, 0.4) is 0 Å². The van der Waals surface area contributed by atoms with Gasteiger partial charge in [0.05, 0.1) is 22.9 Å². The first-order valence-electron chi connectivity index (χ1n) is 9.69. The summed E-state index contributed by atoms with van der Waals surface area (Å²) in [7, 11) is -3.61. The number of rotatable bonds is 6. The van der Waals surface area contributed by atoms with Crippen LogP contribution in [0, 0.1) is 0 Å². The van der Waals surface area contributed by atoms with Crippen molar-refractivity contribution < 1.29 is 17.9 Å². The Labute approximate surface area is 189 Å². The molecule has 0 aliphatic carbocycles. The third-order valence-electron chi connectivity index (χ3n) is 4.73. The molecule has 3 aromatic rings. The number of aromatic nitrogens is 2. The fraction of sp³-hybridized carbons (Fsp3) is 0.350. The Morgan fingerprint density at radius 1 is 1.19 bits per heavy atom. The van der Waals surface area contributed by atoms with Gasteiger partial charge in [0, 0.05) is 24.2 Å². The summed E-state index contributed by atoms with van der Waals surface area (Å²) in [5.74, 6) is -0.00982. The maximum atomic E-state index is 12.9. The first-order valence-corrected chi connectivity index (χ1v) is 13.0. The summed E-state index contributed by atoms with van der Waals surface area (Å²) in [5, 5.41) is 6.44. The summed E-state index contributed by atoms with van der Waals surface area (Å²) in [6, 6.07) is 8.18. The number of morpholine rings is 1. The van der Waals surface area contributed by atoms with E-state index in [0.29, 0.717) is 18.8 Å². The number of anilines is 1. The topological polar surface area (TPSA) is 101 Å². The number of thioether (sulfide) groups is 1. The van der Waals surface area contributed by atoms with Crippen LogP contribution in [0.25, 0.3) is 10.2 Å². The SMILES string of the molecule is C[C@@H]1CN(S(=O)(=O)c2ccc(NC(=O)CSc3ncnc4sccc34)cc2)C[C@@H](C)O1. The van der Waals surface area contributed by atoms with Crippen molar-refractivity contribution in [3.05, 3.63) is 42.0 Å². The first kappa shape index (κ1) is 22.2. The monoisotopic (exact) mass is 478 g/mol. The van der Waals surface area contributed by atoms with Crippen LogP contribution in [0.2, 0.25) is 0 Å². The average molecular weight is 479 g/mol. The Bertz CT molecular complexity index is 1170. The van der Waals surface area contributed by atoms with Crippen LogP contribution in [0.1, 0.15) is 13.8 Å². The second-order valence-corrected chi connectivity index (χ2v) is 11.1. The molecule has 1 aromatic carbocycles. The molecule has 1 aliphatic rings. The maximum absolute atomic E-state index is 12.9. The van der Waals surface area contributed by atoms with Crippen molar-refractivity contribution in [2.24, 2.45) is 0 Å². The molecule has 1 aliphatic heterocycles. The van der Waals surface area contributed by atoms with Crippen LogP contribution in [-0.4, -0.2) is 59.6 Å². The van der Waals surface area contributed by atoms with E-state index < -0.39 is 10.0 Å². The number of fused-ring (bicyclic) bond motifs is 1. The third kappa shape index (κ3) is 5.07. The van der Waals surface area contributed by atoms with Gasteiger partial charge in [0.25, 0.3) is 0 Å². The molecule has 0 unspecified atom stereocenters. The highest BCUT2D eigenvalue weighted by Gasteiger charge is 2.32. The lowest BCUT2D eigenvalue weighted by Gasteiger charge is -2.34. The Hall–Kier alpha value is -2.05. The first-order chi connectivity index (χ1) is 14.8. The molecule has 4 rings (SSSR count). The predicted octanol–water partition coefficient (Wildman–Crippen LogP) is 3.22. The van der Waals surface area contributed by atoms with E-state index >= 15 is 0 Å². The van der Waals surface area contributed by atoms with Gasteiger partial charge in [-0.1, -0.05) is 11.8 Å². The van der Waals surface area contributed by atoms with Crippen molar-refractivity contribution >= 4 is 54.9 Å². The van der Waals surface area contributed by atoms with Gasteiger partial charge in [-0.05, 0) is 49.6 Å². The van der Waals surface area contributed by atoms with Gasteiger partial charge in [0.2, 0.25) is 15.9 Å². The molecule has 1 fully saturated rings. The van der Waals surface area contributed by atoms with Gasteiger partial charge in [-0.2, -0.15) is 4.31 Å². The lowest BCUT2D eigenvalue weighted by molar-refractivity contribution is -0.113. The van der Waals surface area contributed by atoms with Crippen LogP contribution in [0.5, 0.6) is 0 Å². The van der Waals surface area contributed by atoms with Gasteiger partial charge < -0.3 is 10.1 Å². The lowest BCUT2D eigenvalue weighted by atomic mass is 10.3. The Balaban J connectivity index is 1.38. The fourth-order valence-electron chi connectivity index (χ4n) is 3.40. The molecule has 0 bridgehead atoms. The van der Waals surface area contributed by atoms with E-state index in [4.69, 9.17) is 4.74 Å². The number of carbonyl (C=O) groups excluding carboxylic acids is 1. The molecule has 1 amide bonds. The molecule has 2 atom stereocenters. The molecule has 0 saturated carbocycles. The molecule has 0 spiro atoms. The molecule has 11 heteroatoms. The Morgan fingerprint density at radius 2 is 1.90 bits per heavy atom. The zero-order valence-corrected chi connectivity index (χ0v) is 19.5. The highest BCUT2D eigenvalue weighted by molar-refractivity contribution is 8.00. The van der Waals surface area contributed by atoms with Gasteiger partial charge in [0.15, 0.2) is 0 Å². The summed E-state index contributed by atoms with van der Waals surface area (Å²) in [4.78, 5) is 21.9. The van der Waals surface area contributed by atoms with Gasteiger partial charge in [-0.25, -0.2) is 18.4 Å². The minimum Gasteiger partial charge on any atom is -0.373 e. The van der Waals surface area contributed by atoms with E-state index in [9.17, 15) is 13.2 Å². The summed E-state index contributed by atoms with van der Waals surface area (Å²) in [5.41, 5.74) is 0.539. The summed E-state index contributed by atoms with van der Waals surface area (Å²) in [6.45, 7) is 4.37. The van der Waals surface area contributed by atoms with Gasteiger partial charge in [-0.3, -0.25) is 4.79 Å². The largest absolute Gasteiger partial charge is 0.373 e. The molecule has 3 heterocycles. The number of sulfonamides is 1. The van der Waals surface area contributed by atoms with Crippen molar-refractivity contribution in [2.75, 3.05) is 24.2 Å². The minimum atomic E-state index is -3.61. The lowest BCUT2D eigenvalue weighted by Crippen LogP contribution is -2.48. The third-order valence-corrected chi connectivity index (χ3v) is 8.40. The fourth-order valence-corrected chi connectivity index (χ4v) is 6.57. The molecule has 8 nitrogen and oxygen atoms in total. The predicted molar refractivity (Wildman–Crippen MR) is 122 cm³/mol. The maximum Gasteiger partial charge on any atom is 0.243 e. The van der Waals surface area contributed by atoms with Crippen LogP contribution in [0.4, 0.5) is 5.69 Å². The number of benzene rings is 1. The van der Waals surface area contributed by atoms with Crippen molar-refractivity contribution in [3.63, 3.8) is 0 Å². The quantitative estimate of drug-likeness (QED) is 0.429. The molecule has 0 radical (unpaired) electrons. The number of ether oxygens (including phenoxy) is 1. The number of hydrogen-bond acceptors (Lipinski definition) is 8. The van der Waals surface area contributed by atoms with E-state index in [0.717, 1.165) is 15.2 Å². The second kappa shape index (κ2) is 9.21. The van der Waals surface area contributed by atoms with Crippen LogP contribution in [-0.2, 0) is 19.6 Å².